The summed E-state index contributed by atoms with van der Waals surface area (Å²) in [5.74, 6) is 0. The maximum atomic E-state index is 6.09. The van der Waals surface area contributed by atoms with Crippen LogP contribution < -0.4 is 10.6 Å². The SMILES string of the molecule is CCC(N)c1ccc(N2CCC3(CCCC3)CC2)cc1. The fraction of sp³-hybridized carbons (Fsp3) is 0.667. The Labute approximate surface area is 123 Å². The first-order valence-corrected chi connectivity index (χ1v) is 8.33. The second-order valence-corrected chi connectivity index (χ2v) is 6.80. The van der Waals surface area contributed by atoms with Gasteiger partial charge in [0.15, 0.2) is 0 Å². The van der Waals surface area contributed by atoms with E-state index in [0.29, 0.717) is 5.41 Å². The van der Waals surface area contributed by atoms with Crippen LogP contribution in [0.2, 0.25) is 0 Å². The van der Waals surface area contributed by atoms with Gasteiger partial charge < -0.3 is 10.6 Å². The summed E-state index contributed by atoms with van der Waals surface area (Å²) >= 11 is 0. The quantitative estimate of drug-likeness (QED) is 0.891. The predicted molar refractivity (Wildman–Crippen MR) is 86.0 cm³/mol. The molecule has 2 heteroatoms. The zero-order valence-electron chi connectivity index (χ0n) is 12.8. The third-order valence-corrected chi connectivity index (χ3v) is 5.61. The first kappa shape index (κ1) is 13.9. The Morgan fingerprint density at radius 1 is 1.05 bits per heavy atom. The molecule has 1 saturated heterocycles. The van der Waals surface area contributed by atoms with E-state index in [4.69, 9.17) is 5.73 Å². The van der Waals surface area contributed by atoms with Crippen molar-refractivity contribution in [2.24, 2.45) is 11.1 Å². The molecule has 20 heavy (non-hydrogen) atoms. The van der Waals surface area contributed by atoms with Crippen LogP contribution in [0.5, 0.6) is 0 Å². The largest absolute Gasteiger partial charge is 0.371 e. The van der Waals surface area contributed by atoms with E-state index < -0.39 is 0 Å². The Morgan fingerprint density at radius 3 is 2.20 bits per heavy atom. The summed E-state index contributed by atoms with van der Waals surface area (Å²) in [5.41, 5.74) is 9.44. The minimum atomic E-state index is 0.187. The fourth-order valence-corrected chi connectivity index (χ4v) is 4.03. The molecule has 2 nitrogen and oxygen atoms in total. The third kappa shape index (κ3) is 2.71. The van der Waals surface area contributed by atoms with Crippen molar-refractivity contribution in [2.75, 3.05) is 18.0 Å². The lowest BCUT2D eigenvalue weighted by molar-refractivity contribution is 0.226. The monoisotopic (exact) mass is 272 g/mol. The van der Waals surface area contributed by atoms with E-state index >= 15 is 0 Å². The first-order valence-electron chi connectivity index (χ1n) is 8.33. The molecule has 0 amide bonds. The average Bonchev–Trinajstić information content (AvgIpc) is 2.96. The van der Waals surface area contributed by atoms with Crippen LogP contribution in [-0.4, -0.2) is 13.1 Å². The van der Waals surface area contributed by atoms with E-state index in [0.717, 1.165) is 6.42 Å². The minimum Gasteiger partial charge on any atom is -0.371 e. The summed E-state index contributed by atoms with van der Waals surface area (Å²) in [4.78, 5) is 2.56. The van der Waals surface area contributed by atoms with Crippen LogP contribution >= 0.6 is 0 Å². The maximum absolute atomic E-state index is 6.09. The number of anilines is 1. The van der Waals surface area contributed by atoms with Gasteiger partial charge in [-0.1, -0.05) is 31.9 Å². The number of hydrogen-bond acceptors (Lipinski definition) is 2. The second kappa shape index (κ2) is 5.77. The number of rotatable bonds is 3. The van der Waals surface area contributed by atoms with Gasteiger partial charge >= 0.3 is 0 Å². The van der Waals surface area contributed by atoms with E-state index in [1.165, 1.54) is 62.9 Å². The third-order valence-electron chi connectivity index (χ3n) is 5.61. The Bertz CT molecular complexity index is 421. The molecule has 3 rings (SSSR count). The molecule has 2 aliphatic rings. The molecule has 1 heterocycles. The van der Waals surface area contributed by atoms with E-state index in [-0.39, 0.29) is 6.04 Å². The lowest BCUT2D eigenvalue weighted by atomic mass is 9.77. The number of hydrogen-bond donors (Lipinski definition) is 1. The molecule has 1 aromatic carbocycles. The van der Waals surface area contributed by atoms with Crippen LogP contribution in [0.1, 0.15) is 63.5 Å². The van der Waals surface area contributed by atoms with Crippen LogP contribution in [0.25, 0.3) is 0 Å². The molecule has 1 atom stereocenters. The van der Waals surface area contributed by atoms with E-state index in [1.54, 1.807) is 0 Å². The van der Waals surface area contributed by atoms with Crippen molar-refractivity contribution in [1.29, 1.82) is 0 Å². The van der Waals surface area contributed by atoms with Gasteiger partial charge in [0, 0.05) is 24.8 Å². The summed E-state index contributed by atoms with van der Waals surface area (Å²) in [6.07, 6.45) is 9.67. The van der Waals surface area contributed by atoms with Crippen molar-refractivity contribution >= 4 is 5.69 Å². The van der Waals surface area contributed by atoms with Gasteiger partial charge in [-0.3, -0.25) is 0 Å². The van der Waals surface area contributed by atoms with Crippen molar-refractivity contribution in [2.45, 2.75) is 57.9 Å². The van der Waals surface area contributed by atoms with E-state index in [9.17, 15) is 0 Å². The lowest BCUT2D eigenvalue weighted by Crippen LogP contribution is -2.38. The average molecular weight is 272 g/mol. The molecule has 0 bridgehead atoms. The fourth-order valence-electron chi connectivity index (χ4n) is 4.03. The highest BCUT2D eigenvalue weighted by molar-refractivity contribution is 5.48. The number of nitrogens with two attached hydrogens (primary N) is 1. The predicted octanol–water partition coefficient (Wildman–Crippen LogP) is 4.26. The van der Waals surface area contributed by atoms with Gasteiger partial charge in [0.25, 0.3) is 0 Å². The summed E-state index contributed by atoms with van der Waals surface area (Å²) in [7, 11) is 0. The summed E-state index contributed by atoms with van der Waals surface area (Å²) < 4.78 is 0. The molecule has 1 aliphatic carbocycles. The zero-order chi connectivity index (χ0) is 14.0. The highest BCUT2D eigenvalue weighted by Crippen LogP contribution is 2.46. The summed E-state index contributed by atoms with van der Waals surface area (Å²) in [6.45, 7) is 4.61. The smallest absolute Gasteiger partial charge is 0.0366 e. The van der Waals surface area contributed by atoms with Crippen LogP contribution in [-0.2, 0) is 0 Å². The van der Waals surface area contributed by atoms with Gasteiger partial charge in [0.2, 0.25) is 0 Å². The molecule has 2 fully saturated rings. The molecule has 0 radical (unpaired) electrons. The van der Waals surface area contributed by atoms with Crippen LogP contribution in [0.3, 0.4) is 0 Å². The van der Waals surface area contributed by atoms with E-state index in [1.807, 2.05) is 0 Å². The Morgan fingerprint density at radius 2 is 1.65 bits per heavy atom. The molecule has 110 valence electrons. The number of benzene rings is 1. The molecule has 1 aliphatic heterocycles. The van der Waals surface area contributed by atoms with Crippen molar-refractivity contribution < 1.29 is 0 Å². The molecule has 1 unspecified atom stereocenters. The van der Waals surface area contributed by atoms with Crippen molar-refractivity contribution in [1.82, 2.24) is 0 Å². The lowest BCUT2D eigenvalue weighted by Gasteiger charge is -2.40. The van der Waals surface area contributed by atoms with Gasteiger partial charge in [-0.25, -0.2) is 0 Å². The van der Waals surface area contributed by atoms with Gasteiger partial charge in [-0.2, -0.15) is 0 Å². The highest BCUT2D eigenvalue weighted by atomic mass is 15.1. The number of nitrogens with zero attached hydrogens (tertiary/aromatic N) is 1. The first-order chi connectivity index (χ1) is 9.72. The topological polar surface area (TPSA) is 29.3 Å². The Balaban J connectivity index is 1.63. The molecule has 0 aromatic heterocycles. The van der Waals surface area contributed by atoms with E-state index in [2.05, 4.69) is 36.1 Å². The van der Waals surface area contributed by atoms with Crippen molar-refractivity contribution in [3.8, 4) is 0 Å². The molecular weight excluding hydrogens is 244 g/mol. The molecule has 1 saturated carbocycles. The Hall–Kier alpha value is -1.02. The van der Waals surface area contributed by atoms with Gasteiger partial charge in [-0.05, 0) is 55.2 Å². The van der Waals surface area contributed by atoms with Crippen LogP contribution in [0.4, 0.5) is 5.69 Å². The molecule has 2 N–H and O–H groups in total. The highest BCUT2D eigenvalue weighted by Gasteiger charge is 2.36. The molecular formula is C18H28N2. The van der Waals surface area contributed by atoms with Gasteiger partial charge in [0.1, 0.15) is 0 Å². The van der Waals surface area contributed by atoms with Crippen LogP contribution in [0.15, 0.2) is 24.3 Å². The molecule has 1 aromatic rings. The second-order valence-electron chi connectivity index (χ2n) is 6.80. The van der Waals surface area contributed by atoms with Crippen molar-refractivity contribution in [3.05, 3.63) is 29.8 Å². The normalized spacial score (nSPS) is 23.2. The van der Waals surface area contributed by atoms with Crippen molar-refractivity contribution in [3.63, 3.8) is 0 Å². The van der Waals surface area contributed by atoms with Gasteiger partial charge in [-0.15, -0.1) is 0 Å². The van der Waals surface area contributed by atoms with Crippen LogP contribution in [0, 0.1) is 5.41 Å². The zero-order valence-corrected chi connectivity index (χ0v) is 12.8. The maximum Gasteiger partial charge on any atom is 0.0366 e. The standard InChI is InChI=1S/C18H28N2/c1-2-17(19)15-5-7-16(8-6-15)20-13-11-18(12-14-20)9-3-4-10-18/h5-8,17H,2-4,9-14,19H2,1H3. The summed E-state index contributed by atoms with van der Waals surface area (Å²) in [5, 5.41) is 0. The van der Waals surface area contributed by atoms with Gasteiger partial charge in [0.05, 0.1) is 0 Å². The summed E-state index contributed by atoms with van der Waals surface area (Å²) in [6, 6.07) is 9.13. The minimum absolute atomic E-state index is 0.187. The molecule has 1 spiro atoms. The number of piperidine rings is 1. The Kier molecular flexibility index (Phi) is 4.02.